The molecule has 25 heavy (non-hydrogen) atoms. The fraction of sp³-hybridized carbons (Fsp3) is 0.111. The normalized spacial score (nSPS) is 12.2. The van der Waals surface area contributed by atoms with Gasteiger partial charge in [-0.2, -0.15) is 5.10 Å². The van der Waals surface area contributed by atoms with Gasteiger partial charge in [0, 0.05) is 6.20 Å². The molecule has 1 aromatic carbocycles. The van der Waals surface area contributed by atoms with E-state index < -0.39 is 0 Å². The van der Waals surface area contributed by atoms with Crippen molar-refractivity contribution in [2.75, 3.05) is 0 Å². The molecule has 4 aromatic rings. The molecule has 0 saturated heterocycles. The lowest BCUT2D eigenvalue weighted by Gasteiger charge is -2.10. The van der Waals surface area contributed by atoms with Gasteiger partial charge in [-0.3, -0.25) is 14.9 Å². The summed E-state index contributed by atoms with van der Waals surface area (Å²) in [6.07, 6.45) is 1.69. The Hall–Kier alpha value is -3.48. The van der Waals surface area contributed by atoms with E-state index in [1.807, 2.05) is 49.4 Å². The molecule has 0 unspecified atom stereocenters. The van der Waals surface area contributed by atoms with Crippen LogP contribution in [0.3, 0.4) is 0 Å². The minimum atomic E-state index is -0.262. The van der Waals surface area contributed by atoms with Crippen LogP contribution in [0.15, 0.2) is 54.7 Å². The first kappa shape index (κ1) is 15.1. The Morgan fingerprint density at radius 3 is 2.76 bits per heavy atom. The monoisotopic (exact) mass is 332 g/mol. The van der Waals surface area contributed by atoms with Crippen molar-refractivity contribution in [3.05, 3.63) is 66.2 Å². The van der Waals surface area contributed by atoms with Crippen LogP contribution in [0.5, 0.6) is 0 Å². The molecule has 7 nitrogen and oxygen atoms in total. The highest BCUT2D eigenvalue weighted by molar-refractivity contribution is 5.93. The van der Waals surface area contributed by atoms with E-state index in [1.54, 1.807) is 12.3 Å². The number of nitrogens with zero attached hydrogens (tertiary/aromatic N) is 3. The molecule has 3 heterocycles. The lowest BCUT2D eigenvalue weighted by molar-refractivity contribution is 0.0933. The summed E-state index contributed by atoms with van der Waals surface area (Å²) in [6.45, 7) is 1.88. The van der Waals surface area contributed by atoms with Crippen LogP contribution < -0.4 is 5.32 Å². The number of benzene rings is 1. The van der Waals surface area contributed by atoms with Crippen molar-refractivity contribution in [2.24, 2.45) is 0 Å². The third-order valence-corrected chi connectivity index (χ3v) is 3.92. The van der Waals surface area contributed by atoms with Gasteiger partial charge in [-0.1, -0.05) is 18.2 Å². The molecule has 3 aromatic heterocycles. The molecule has 0 aliphatic carbocycles. The molecule has 0 spiro atoms. The topological polar surface area (TPSA) is 99.3 Å². The van der Waals surface area contributed by atoms with Crippen molar-refractivity contribution in [3.63, 3.8) is 0 Å². The van der Waals surface area contributed by atoms with Crippen LogP contribution in [0.2, 0.25) is 0 Å². The van der Waals surface area contributed by atoms with E-state index >= 15 is 0 Å². The highest BCUT2D eigenvalue weighted by Crippen LogP contribution is 2.17. The zero-order valence-electron chi connectivity index (χ0n) is 13.5. The lowest BCUT2D eigenvalue weighted by Crippen LogP contribution is -2.27. The summed E-state index contributed by atoms with van der Waals surface area (Å²) in [7, 11) is 0. The summed E-state index contributed by atoms with van der Waals surface area (Å²) in [5.74, 6) is 0.460. The lowest BCUT2D eigenvalue weighted by atomic mass is 10.2. The molecule has 0 bridgehead atoms. The van der Waals surface area contributed by atoms with Crippen molar-refractivity contribution in [1.29, 1.82) is 0 Å². The number of rotatable bonds is 4. The van der Waals surface area contributed by atoms with E-state index in [-0.39, 0.29) is 11.9 Å². The maximum Gasteiger partial charge on any atom is 0.269 e. The first-order valence-electron chi connectivity index (χ1n) is 7.93. The van der Waals surface area contributed by atoms with Gasteiger partial charge < -0.3 is 10.3 Å². The number of aromatic amines is 2. The van der Waals surface area contributed by atoms with Gasteiger partial charge in [-0.05, 0) is 37.3 Å². The number of carbonyl (C=O) groups is 1. The predicted octanol–water partition coefficient (Wildman–Crippen LogP) is 2.84. The van der Waals surface area contributed by atoms with Crippen LogP contribution in [-0.2, 0) is 0 Å². The number of amides is 1. The van der Waals surface area contributed by atoms with E-state index in [4.69, 9.17) is 0 Å². The number of pyridine rings is 1. The van der Waals surface area contributed by atoms with Crippen LogP contribution in [0.1, 0.15) is 29.3 Å². The van der Waals surface area contributed by atoms with Crippen molar-refractivity contribution < 1.29 is 4.79 Å². The van der Waals surface area contributed by atoms with E-state index in [1.165, 1.54) is 0 Å². The van der Waals surface area contributed by atoms with Crippen LogP contribution in [0, 0.1) is 0 Å². The van der Waals surface area contributed by atoms with E-state index in [0.717, 1.165) is 11.0 Å². The minimum absolute atomic E-state index is 0.248. The zero-order valence-corrected chi connectivity index (χ0v) is 13.5. The first-order valence-corrected chi connectivity index (χ1v) is 7.93. The summed E-state index contributed by atoms with van der Waals surface area (Å²) >= 11 is 0. The third-order valence-electron chi connectivity index (χ3n) is 3.92. The number of fused-ring (bicyclic) bond motifs is 1. The summed E-state index contributed by atoms with van der Waals surface area (Å²) < 4.78 is 0. The highest BCUT2D eigenvalue weighted by atomic mass is 16.2. The number of aromatic nitrogens is 5. The van der Waals surface area contributed by atoms with Gasteiger partial charge in [0.05, 0.1) is 22.8 Å². The average Bonchev–Trinajstić information content (AvgIpc) is 3.29. The Bertz CT molecular complexity index is 987. The molecule has 0 radical (unpaired) electrons. The number of imidazole rings is 1. The van der Waals surface area contributed by atoms with Crippen LogP contribution >= 0.6 is 0 Å². The number of H-pyrrole nitrogens is 2. The Kier molecular flexibility index (Phi) is 3.74. The maximum atomic E-state index is 12.4. The first-order chi connectivity index (χ1) is 12.2. The Morgan fingerprint density at radius 1 is 1.12 bits per heavy atom. The van der Waals surface area contributed by atoms with Gasteiger partial charge in [-0.25, -0.2) is 4.98 Å². The number of para-hydroxylation sites is 2. The molecule has 7 heteroatoms. The molecular weight excluding hydrogens is 316 g/mol. The minimum Gasteiger partial charge on any atom is -0.341 e. The molecule has 124 valence electrons. The quantitative estimate of drug-likeness (QED) is 0.535. The van der Waals surface area contributed by atoms with Gasteiger partial charge >= 0.3 is 0 Å². The van der Waals surface area contributed by atoms with Gasteiger partial charge in [0.15, 0.2) is 0 Å². The molecule has 3 N–H and O–H groups in total. The molecule has 4 rings (SSSR count). The smallest absolute Gasteiger partial charge is 0.269 e. The molecule has 0 aliphatic rings. The fourth-order valence-corrected chi connectivity index (χ4v) is 2.60. The van der Waals surface area contributed by atoms with Gasteiger partial charge in [0.25, 0.3) is 5.91 Å². The molecule has 0 fully saturated rings. The highest BCUT2D eigenvalue weighted by Gasteiger charge is 2.17. The standard InChI is InChI=1S/C18H16N6O/c1-11(17-21-13-7-2-3-8-14(13)22-17)20-18(25)16-10-15(23-24-16)12-6-4-5-9-19-12/h2-11H,1H3,(H,20,25)(H,21,22)(H,23,24)/t11-/m1/s1. The maximum absolute atomic E-state index is 12.4. The molecule has 0 aliphatic heterocycles. The number of hydrogen-bond acceptors (Lipinski definition) is 4. The van der Waals surface area contributed by atoms with E-state index in [2.05, 4.69) is 30.5 Å². The Morgan fingerprint density at radius 2 is 1.96 bits per heavy atom. The molecule has 0 saturated carbocycles. The van der Waals surface area contributed by atoms with Crippen molar-refractivity contribution in [3.8, 4) is 11.4 Å². The Balaban J connectivity index is 1.51. The fourth-order valence-electron chi connectivity index (χ4n) is 2.60. The number of carbonyl (C=O) groups excluding carboxylic acids is 1. The second kappa shape index (κ2) is 6.20. The Labute approximate surface area is 143 Å². The average molecular weight is 332 g/mol. The second-order valence-corrected chi connectivity index (χ2v) is 5.72. The number of nitrogens with one attached hydrogen (secondary N) is 3. The van der Waals surface area contributed by atoms with Gasteiger partial charge in [-0.15, -0.1) is 0 Å². The van der Waals surface area contributed by atoms with E-state index in [0.29, 0.717) is 22.9 Å². The largest absolute Gasteiger partial charge is 0.341 e. The predicted molar refractivity (Wildman–Crippen MR) is 93.8 cm³/mol. The summed E-state index contributed by atoms with van der Waals surface area (Å²) in [5.41, 5.74) is 3.53. The second-order valence-electron chi connectivity index (χ2n) is 5.72. The number of hydrogen-bond donors (Lipinski definition) is 3. The van der Waals surface area contributed by atoms with Crippen LogP contribution in [-0.4, -0.2) is 31.1 Å². The van der Waals surface area contributed by atoms with Gasteiger partial charge in [0.1, 0.15) is 17.2 Å². The van der Waals surface area contributed by atoms with Crippen molar-refractivity contribution in [2.45, 2.75) is 13.0 Å². The van der Waals surface area contributed by atoms with Crippen molar-refractivity contribution >= 4 is 16.9 Å². The van der Waals surface area contributed by atoms with Crippen LogP contribution in [0.4, 0.5) is 0 Å². The zero-order chi connectivity index (χ0) is 17.2. The molecule has 1 atom stereocenters. The van der Waals surface area contributed by atoms with Crippen molar-refractivity contribution in [1.82, 2.24) is 30.5 Å². The third kappa shape index (κ3) is 2.99. The molecule has 1 amide bonds. The summed E-state index contributed by atoms with van der Waals surface area (Å²) in [6, 6.07) is 14.7. The molecular formula is C18H16N6O. The SMILES string of the molecule is C[C@@H](NC(=O)c1cc(-c2ccccn2)n[nH]1)c1nc2ccccc2[nH]1. The van der Waals surface area contributed by atoms with Gasteiger partial charge in [0.2, 0.25) is 0 Å². The van der Waals surface area contributed by atoms with Crippen LogP contribution in [0.25, 0.3) is 22.4 Å². The van der Waals surface area contributed by atoms with E-state index in [9.17, 15) is 4.79 Å². The summed E-state index contributed by atoms with van der Waals surface area (Å²) in [4.78, 5) is 24.4. The summed E-state index contributed by atoms with van der Waals surface area (Å²) in [5, 5.41) is 9.82.